The molecule has 0 bridgehead atoms. The zero-order chi connectivity index (χ0) is 24.0. The van der Waals surface area contributed by atoms with Crippen molar-refractivity contribution in [3.8, 4) is 11.3 Å². The number of amides is 3. The molecule has 34 heavy (non-hydrogen) atoms. The molecule has 2 aliphatic rings. The van der Waals surface area contributed by atoms with Crippen molar-refractivity contribution in [2.24, 2.45) is 5.73 Å². The Hall–Kier alpha value is -3.46. The van der Waals surface area contributed by atoms with E-state index in [0.717, 1.165) is 18.4 Å². The lowest BCUT2D eigenvalue weighted by Crippen LogP contribution is -2.51. The average Bonchev–Trinajstić information content (AvgIpc) is 3.17. The van der Waals surface area contributed by atoms with Crippen LogP contribution < -0.4 is 11.1 Å². The molecule has 0 atom stereocenters. The zero-order valence-electron chi connectivity index (χ0n) is 18.1. The van der Waals surface area contributed by atoms with Crippen LogP contribution >= 0.6 is 11.6 Å². The van der Waals surface area contributed by atoms with Gasteiger partial charge in [0.1, 0.15) is 17.3 Å². The molecule has 1 aromatic heterocycles. The van der Waals surface area contributed by atoms with Crippen molar-refractivity contribution in [1.29, 1.82) is 0 Å². The largest absolute Gasteiger partial charge is 0.365 e. The topological polar surface area (TPSA) is 93.2 Å². The summed E-state index contributed by atoms with van der Waals surface area (Å²) in [6, 6.07) is 10.3. The summed E-state index contributed by atoms with van der Waals surface area (Å²) < 4.78 is 28.4. The molecule has 0 spiro atoms. The van der Waals surface area contributed by atoms with Crippen molar-refractivity contribution in [1.82, 2.24) is 20.0 Å². The highest BCUT2D eigenvalue weighted by Gasteiger charge is 2.34. The Morgan fingerprint density at radius 1 is 1.09 bits per heavy atom. The number of aromatic nitrogens is 2. The van der Waals surface area contributed by atoms with Crippen LogP contribution in [0.2, 0.25) is 5.02 Å². The quantitative estimate of drug-likeness (QED) is 0.583. The van der Waals surface area contributed by atoms with Crippen molar-refractivity contribution in [3.63, 3.8) is 0 Å². The molecule has 5 rings (SSSR count). The third-order valence-corrected chi connectivity index (χ3v) is 6.80. The smallest absolute Gasteiger partial charge is 0.318 e. The number of carbonyl (C=O) groups is 2. The molecule has 1 aliphatic carbocycles. The SMILES string of the molecule is NC(=O)c1c(-c2ccc(F)c(Cl)c2)nn2c1CN(C(=O)N[C@H]1C[C@@H](c3ccc(F)cc3)C1)CC2. The Morgan fingerprint density at radius 3 is 2.50 bits per heavy atom. The third-order valence-electron chi connectivity index (χ3n) is 6.51. The molecule has 1 saturated carbocycles. The van der Waals surface area contributed by atoms with E-state index in [-0.39, 0.29) is 35.0 Å². The summed E-state index contributed by atoms with van der Waals surface area (Å²) in [6.45, 7) is 0.970. The molecule has 3 aromatic rings. The van der Waals surface area contributed by atoms with Crippen LogP contribution in [0.15, 0.2) is 42.5 Å². The number of nitrogens with two attached hydrogens (primary N) is 1. The molecule has 0 radical (unpaired) electrons. The van der Waals surface area contributed by atoms with Crippen molar-refractivity contribution in [2.75, 3.05) is 6.54 Å². The first kappa shape index (κ1) is 22.3. The maximum Gasteiger partial charge on any atom is 0.318 e. The molecule has 176 valence electrons. The normalized spacial score (nSPS) is 19.3. The highest BCUT2D eigenvalue weighted by Crippen LogP contribution is 2.37. The zero-order valence-corrected chi connectivity index (χ0v) is 18.9. The summed E-state index contributed by atoms with van der Waals surface area (Å²) in [6.07, 6.45) is 1.57. The molecule has 1 fully saturated rings. The van der Waals surface area contributed by atoms with Gasteiger partial charge in [0, 0.05) is 18.2 Å². The number of primary amides is 1. The van der Waals surface area contributed by atoms with Crippen LogP contribution in [0.4, 0.5) is 13.6 Å². The van der Waals surface area contributed by atoms with Crippen LogP contribution in [-0.2, 0) is 13.1 Å². The van der Waals surface area contributed by atoms with E-state index in [1.807, 2.05) is 0 Å². The van der Waals surface area contributed by atoms with Gasteiger partial charge >= 0.3 is 6.03 Å². The second-order valence-corrected chi connectivity index (χ2v) is 9.08. The van der Waals surface area contributed by atoms with Crippen LogP contribution in [0.25, 0.3) is 11.3 Å². The maximum absolute atomic E-state index is 13.6. The van der Waals surface area contributed by atoms with Gasteiger partial charge in [-0.05, 0) is 54.7 Å². The lowest BCUT2D eigenvalue weighted by atomic mass is 9.76. The van der Waals surface area contributed by atoms with E-state index >= 15 is 0 Å². The van der Waals surface area contributed by atoms with Gasteiger partial charge in [0.25, 0.3) is 5.91 Å². The predicted octanol–water partition coefficient (Wildman–Crippen LogP) is 4.05. The molecule has 1 aliphatic heterocycles. The van der Waals surface area contributed by atoms with Crippen LogP contribution in [0.3, 0.4) is 0 Å². The summed E-state index contributed by atoms with van der Waals surface area (Å²) in [5.41, 5.74) is 8.23. The fraction of sp³-hybridized carbons (Fsp3) is 0.292. The number of rotatable bonds is 4. The van der Waals surface area contributed by atoms with Crippen LogP contribution in [0.1, 0.15) is 40.4 Å². The average molecular weight is 486 g/mol. The highest BCUT2D eigenvalue weighted by atomic mass is 35.5. The van der Waals surface area contributed by atoms with Crippen molar-refractivity contribution in [2.45, 2.75) is 37.9 Å². The summed E-state index contributed by atoms with van der Waals surface area (Å²) in [7, 11) is 0. The van der Waals surface area contributed by atoms with E-state index in [0.29, 0.717) is 36.0 Å². The first-order chi connectivity index (χ1) is 16.3. The van der Waals surface area contributed by atoms with Crippen LogP contribution in [0, 0.1) is 11.6 Å². The Kier molecular flexibility index (Phi) is 5.73. The highest BCUT2D eigenvalue weighted by molar-refractivity contribution is 6.31. The summed E-state index contributed by atoms with van der Waals surface area (Å²) in [4.78, 5) is 26.8. The summed E-state index contributed by atoms with van der Waals surface area (Å²) >= 11 is 5.91. The van der Waals surface area contributed by atoms with E-state index in [1.165, 1.54) is 30.3 Å². The van der Waals surface area contributed by atoms with E-state index in [4.69, 9.17) is 17.3 Å². The van der Waals surface area contributed by atoms with Gasteiger partial charge in [-0.15, -0.1) is 0 Å². The Morgan fingerprint density at radius 2 is 1.82 bits per heavy atom. The number of halogens is 3. The molecule has 0 unspecified atom stereocenters. The van der Waals surface area contributed by atoms with Crippen LogP contribution in [-0.4, -0.2) is 39.2 Å². The molecular formula is C24H22ClF2N5O2. The van der Waals surface area contributed by atoms with Crippen molar-refractivity contribution in [3.05, 3.63) is 75.9 Å². The summed E-state index contributed by atoms with van der Waals surface area (Å²) in [5, 5.41) is 7.45. The van der Waals surface area contributed by atoms with Crippen molar-refractivity contribution < 1.29 is 18.4 Å². The van der Waals surface area contributed by atoms with Gasteiger partial charge in [-0.3, -0.25) is 9.48 Å². The van der Waals surface area contributed by atoms with E-state index in [9.17, 15) is 18.4 Å². The monoisotopic (exact) mass is 485 g/mol. The molecule has 0 saturated heterocycles. The number of nitrogens with one attached hydrogen (secondary N) is 1. The number of carbonyl (C=O) groups excluding carboxylic acids is 2. The van der Waals surface area contributed by atoms with Crippen LogP contribution in [0.5, 0.6) is 0 Å². The number of nitrogens with zero attached hydrogens (tertiary/aromatic N) is 3. The number of fused-ring (bicyclic) bond motifs is 1. The van der Waals surface area contributed by atoms with Gasteiger partial charge in [-0.25, -0.2) is 13.6 Å². The number of hydrogen-bond donors (Lipinski definition) is 2. The number of hydrogen-bond acceptors (Lipinski definition) is 3. The van der Waals surface area contributed by atoms with Gasteiger partial charge < -0.3 is 16.0 Å². The number of urea groups is 1. The summed E-state index contributed by atoms with van der Waals surface area (Å²) in [5.74, 6) is -1.23. The molecular weight excluding hydrogens is 464 g/mol. The Balaban J connectivity index is 1.28. The fourth-order valence-electron chi connectivity index (χ4n) is 4.60. The number of benzene rings is 2. The molecule has 7 nitrogen and oxygen atoms in total. The van der Waals surface area contributed by atoms with Gasteiger partial charge in [0.2, 0.25) is 0 Å². The van der Waals surface area contributed by atoms with E-state index in [2.05, 4.69) is 10.4 Å². The van der Waals surface area contributed by atoms with Gasteiger partial charge in [0.05, 0.1) is 29.4 Å². The minimum Gasteiger partial charge on any atom is -0.365 e. The second kappa shape index (κ2) is 8.72. The molecule has 2 heterocycles. The molecule has 2 aromatic carbocycles. The fourth-order valence-corrected chi connectivity index (χ4v) is 4.78. The first-order valence-electron chi connectivity index (χ1n) is 11.0. The van der Waals surface area contributed by atoms with E-state index in [1.54, 1.807) is 21.7 Å². The Labute approximate surface area is 199 Å². The standard InChI is InChI=1S/C24H22ClF2N5O2/c25-18-11-14(3-6-19(18)27)22-21(23(28)33)20-12-31(7-8-32(20)30-22)24(34)29-17-9-15(10-17)13-1-4-16(26)5-2-13/h1-6,11,15,17H,7-10,12H2,(H2,28,33)(H,29,34)/t15-,17+. The van der Waals surface area contributed by atoms with Crippen molar-refractivity contribution >= 4 is 23.5 Å². The third kappa shape index (κ3) is 4.11. The van der Waals surface area contributed by atoms with Gasteiger partial charge in [-0.1, -0.05) is 23.7 Å². The Bertz CT molecular complexity index is 1270. The second-order valence-electron chi connectivity index (χ2n) is 8.67. The molecule has 3 N–H and O–H groups in total. The minimum atomic E-state index is -0.680. The molecule has 3 amide bonds. The van der Waals surface area contributed by atoms with E-state index < -0.39 is 11.7 Å². The lowest BCUT2D eigenvalue weighted by Gasteiger charge is -2.38. The lowest BCUT2D eigenvalue weighted by molar-refractivity contribution is 0.0997. The minimum absolute atomic E-state index is 0.0296. The van der Waals surface area contributed by atoms with Gasteiger partial charge in [-0.2, -0.15) is 5.10 Å². The first-order valence-corrected chi connectivity index (χ1v) is 11.3. The maximum atomic E-state index is 13.6. The van der Waals surface area contributed by atoms with Gasteiger partial charge in [0.15, 0.2) is 0 Å². The predicted molar refractivity (Wildman–Crippen MR) is 122 cm³/mol. The molecule has 10 heteroatoms.